The third kappa shape index (κ3) is 1.39. The molecule has 17 heavy (non-hydrogen) atoms. The largest absolute Gasteiger partial charge is 0.384 e. The lowest BCUT2D eigenvalue weighted by Gasteiger charge is -2.01. The number of H-pyrrole nitrogens is 1. The number of nitrogen functional groups attached to an aromatic ring is 1. The zero-order chi connectivity index (χ0) is 12.0. The topological polar surface area (TPSA) is 72.5 Å². The van der Waals surface area contributed by atoms with Crippen molar-refractivity contribution in [3.63, 3.8) is 0 Å². The Bertz CT molecular complexity index is 692. The van der Waals surface area contributed by atoms with Crippen LogP contribution in [0.1, 0.15) is 5.82 Å². The Hall–Kier alpha value is -2.30. The minimum absolute atomic E-state index is 0.586. The summed E-state index contributed by atoms with van der Waals surface area (Å²) in [5.41, 5.74) is 9.88. The highest BCUT2D eigenvalue weighted by atomic mass is 15.1. The first-order chi connectivity index (χ1) is 8.16. The first-order valence-electron chi connectivity index (χ1n) is 5.39. The molecule has 3 aromatic rings. The van der Waals surface area contributed by atoms with Crippen LogP contribution in [0.15, 0.2) is 24.4 Å². The van der Waals surface area contributed by atoms with Crippen molar-refractivity contribution in [3.8, 4) is 11.1 Å². The maximum absolute atomic E-state index is 5.82. The molecule has 0 aliphatic rings. The molecule has 0 saturated heterocycles. The Balaban J connectivity index is 2.26. The van der Waals surface area contributed by atoms with E-state index in [2.05, 4.69) is 25.8 Å². The molecule has 0 aliphatic carbocycles. The van der Waals surface area contributed by atoms with Gasteiger partial charge in [-0.2, -0.15) is 5.10 Å². The van der Waals surface area contributed by atoms with E-state index in [0.29, 0.717) is 5.82 Å². The van der Waals surface area contributed by atoms with Gasteiger partial charge in [0.15, 0.2) is 0 Å². The fourth-order valence-corrected chi connectivity index (χ4v) is 2.00. The molecule has 3 rings (SSSR count). The molecule has 5 heteroatoms. The summed E-state index contributed by atoms with van der Waals surface area (Å²) in [6, 6.07) is 6.09. The fourth-order valence-electron chi connectivity index (χ4n) is 2.00. The minimum Gasteiger partial charge on any atom is -0.384 e. The number of nitrogens with one attached hydrogen (secondary N) is 1. The Labute approximate surface area is 98.3 Å². The second-order valence-corrected chi connectivity index (χ2v) is 4.12. The highest BCUT2D eigenvalue weighted by molar-refractivity contribution is 5.84. The van der Waals surface area contributed by atoms with Gasteiger partial charge in [0.2, 0.25) is 0 Å². The number of rotatable bonds is 1. The van der Waals surface area contributed by atoms with Crippen molar-refractivity contribution in [2.24, 2.45) is 7.05 Å². The van der Waals surface area contributed by atoms with Gasteiger partial charge >= 0.3 is 0 Å². The van der Waals surface area contributed by atoms with Gasteiger partial charge in [-0.1, -0.05) is 6.07 Å². The summed E-state index contributed by atoms with van der Waals surface area (Å²) in [6.07, 6.45) is 1.74. The van der Waals surface area contributed by atoms with Crippen LogP contribution in [0.2, 0.25) is 0 Å². The predicted octanol–water partition coefficient (Wildman–Crippen LogP) is 1.85. The molecular formula is C12H13N5. The number of fused-ring (bicyclic) bond motifs is 1. The Morgan fingerprint density at radius 2 is 2.18 bits per heavy atom. The van der Waals surface area contributed by atoms with E-state index in [-0.39, 0.29) is 0 Å². The Kier molecular flexibility index (Phi) is 1.95. The van der Waals surface area contributed by atoms with E-state index in [1.807, 2.05) is 26.1 Å². The van der Waals surface area contributed by atoms with Gasteiger partial charge in [-0.3, -0.25) is 5.10 Å². The van der Waals surface area contributed by atoms with Crippen LogP contribution in [0.25, 0.3) is 22.2 Å². The highest BCUT2D eigenvalue weighted by Crippen LogP contribution is 2.27. The Morgan fingerprint density at radius 3 is 2.88 bits per heavy atom. The van der Waals surface area contributed by atoms with Crippen molar-refractivity contribution < 1.29 is 0 Å². The zero-order valence-corrected chi connectivity index (χ0v) is 9.73. The SMILES string of the molecule is Cc1nc2ccc(-c3cn[nH]c3N)cc2n1C. The summed E-state index contributed by atoms with van der Waals surface area (Å²) in [6.45, 7) is 1.99. The van der Waals surface area contributed by atoms with E-state index in [9.17, 15) is 0 Å². The highest BCUT2D eigenvalue weighted by Gasteiger charge is 2.08. The number of nitrogens with two attached hydrogens (primary N) is 1. The molecule has 0 amide bonds. The number of aromatic amines is 1. The van der Waals surface area contributed by atoms with Crippen molar-refractivity contribution in [3.05, 3.63) is 30.2 Å². The first-order valence-corrected chi connectivity index (χ1v) is 5.39. The number of aromatic nitrogens is 4. The second kappa shape index (κ2) is 3.35. The average Bonchev–Trinajstić information content (AvgIpc) is 2.85. The van der Waals surface area contributed by atoms with Gasteiger partial charge in [-0.05, 0) is 24.6 Å². The first kappa shape index (κ1) is 9.89. The van der Waals surface area contributed by atoms with Gasteiger partial charge in [0, 0.05) is 12.6 Å². The standard InChI is InChI=1S/C12H13N5/c1-7-15-10-4-3-8(5-11(10)17(7)2)9-6-14-16-12(9)13/h3-6H,1-2H3,(H3,13,14,16). The van der Waals surface area contributed by atoms with Crippen LogP contribution in [0.5, 0.6) is 0 Å². The van der Waals surface area contributed by atoms with E-state index < -0.39 is 0 Å². The van der Waals surface area contributed by atoms with Gasteiger partial charge in [0.05, 0.1) is 17.2 Å². The van der Waals surface area contributed by atoms with E-state index in [1.165, 1.54) is 0 Å². The summed E-state index contributed by atoms with van der Waals surface area (Å²) in [5, 5.41) is 6.67. The molecule has 2 heterocycles. The summed E-state index contributed by atoms with van der Waals surface area (Å²) in [4.78, 5) is 4.47. The van der Waals surface area contributed by atoms with Gasteiger partial charge < -0.3 is 10.3 Å². The van der Waals surface area contributed by atoms with Crippen molar-refractivity contribution in [1.29, 1.82) is 0 Å². The van der Waals surface area contributed by atoms with Crippen LogP contribution in [-0.2, 0) is 7.05 Å². The lowest BCUT2D eigenvalue weighted by atomic mass is 10.1. The molecule has 86 valence electrons. The maximum Gasteiger partial charge on any atom is 0.126 e. The molecule has 0 aliphatic heterocycles. The zero-order valence-electron chi connectivity index (χ0n) is 9.73. The minimum atomic E-state index is 0.586. The van der Waals surface area contributed by atoms with Crippen LogP contribution in [-0.4, -0.2) is 19.7 Å². The summed E-state index contributed by atoms with van der Waals surface area (Å²) in [7, 11) is 2.01. The van der Waals surface area contributed by atoms with Crippen molar-refractivity contribution >= 4 is 16.9 Å². The third-order valence-corrected chi connectivity index (χ3v) is 3.08. The average molecular weight is 227 g/mol. The molecule has 0 radical (unpaired) electrons. The van der Waals surface area contributed by atoms with Crippen molar-refractivity contribution in [2.75, 3.05) is 5.73 Å². The number of hydrogen-bond donors (Lipinski definition) is 2. The molecule has 0 bridgehead atoms. The summed E-state index contributed by atoms with van der Waals surface area (Å²) < 4.78 is 2.06. The second-order valence-electron chi connectivity index (χ2n) is 4.12. The number of benzene rings is 1. The number of hydrogen-bond acceptors (Lipinski definition) is 3. The predicted molar refractivity (Wildman–Crippen MR) is 67.4 cm³/mol. The molecule has 2 aromatic heterocycles. The molecule has 0 atom stereocenters. The van der Waals surface area contributed by atoms with Gasteiger partial charge in [-0.25, -0.2) is 4.98 Å². The van der Waals surface area contributed by atoms with Crippen molar-refractivity contribution in [2.45, 2.75) is 6.92 Å². The van der Waals surface area contributed by atoms with Gasteiger partial charge in [0.25, 0.3) is 0 Å². The summed E-state index contributed by atoms with van der Waals surface area (Å²) in [5.74, 6) is 1.58. The fraction of sp³-hybridized carbons (Fsp3) is 0.167. The quantitative estimate of drug-likeness (QED) is 0.666. The van der Waals surface area contributed by atoms with E-state index >= 15 is 0 Å². The lowest BCUT2D eigenvalue weighted by Crippen LogP contribution is -1.91. The molecule has 0 saturated carbocycles. The van der Waals surface area contributed by atoms with Crippen molar-refractivity contribution in [1.82, 2.24) is 19.7 Å². The van der Waals surface area contributed by atoms with Crippen LogP contribution in [0.4, 0.5) is 5.82 Å². The molecule has 0 unspecified atom stereocenters. The van der Waals surface area contributed by atoms with E-state index in [4.69, 9.17) is 5.73 Å². The Morgan fingerprint density at radius 1 is 1.35 bits per heavy atom. The number of nitrogens with zero attached hydrogens (tertiary/aromatic N) is 3. The smallest absolute Gasteiger partial charge is 0.126 e. The van der Waals surface area contributed by atoms with Gasteiger partial charge in [0.1, 0.15) is 11.6 Å². The number of aryl methyl sites for hydroxylation is 2. The third-order valence-electron chi connectivity index (χ3n) is 3.08. The van der Waals surface area contributed by atoms with Gasteiger partial charge in [-0.15, -0.1) is 0 Å². The number of imidazole rings is 1. The lowest BCUT2D eigenvalue weighted by molar-refractivity contribution is 0.886. The van der Waals surface area contributed by atoms with Crippen LogP contribution < -0.4 is 5.73 Å². The molecule has 1 aromatic carbocycles. The summed E-state index contributed by atoms with van der Waals surface area (Å²) >= 11 is 0. The maximum atomic E-state index is 5.82. The molecule has 0 fully saturated rings. The van der Waals surface area contributed by atoms with E-state index in [0.717, 1.165) is 28.0 Å². The molecule has 0 spiro atoms. The molecular weight excluding hydrogens is 214 g/mol. The molecule has 3 N–H and O–H groups in total. The molecule has 5 nitrogen and oxygen atoms in total. The monoisotopic (exact) mass is 227 g/mol. The van der Waals surface area contributed by atoms with Crippen LogP contribution in [0.3, 0.4) is 0 Å². The van der Waals surface area contributed by atoms with Crippen LogP contribution in [0, 0.1) is 6.92 Å². The van der Waals surface area contributed by atoms with E-state index in [1.54, 1.807) is 6.20 Å². The van der Waals surface area contributed by atoms with Crippen LogP contribution >= 0.6 is 0 Å². The number of anilines is 1. The normalized spacial score (nSPS) is 11.2.